The Morgan fingerprint density at radius 2 is 2.31 bits per heavy atom. The number of halogens is 1. The van der Waals surface area contributed by atoms with E-state index >= 15 is 0 Å². The molecule has 0 amide bonds. The summed E-state index contributed by atoms with van der Waals surface area (Å²) < 4.78 is 17.7. The van der Waals surface area contributed by atoms with Crippen molar-refractivity contribution in [2.24, 2.45) is 0 Å². The highest BCUT2D eigenvalue weighted by Gasteiger charge is 2.33. The van der Waals surface area contributed by atoms with E-state index in [-0.39, 0.29) is 6.61 Å². The summed E-state index contributed by atoms with van der Waals surface area (Å²) in [5, 5.41) is 11.8. The first-order chi connectivity index (χ1) is 7.48. The molecule has 0 radical (unpaired) electrons. The van der Waals surface area contributed by atoms with Gasteiger partial charge in [0.25, 0.3) is 0 Å². The van der Waals surface area contributed by atoms with Crippen molar-refractivity contribution in [3.8, 4) is 0 Å². The SMILES string of the molecule is COC[C@@](C)(Nc1cccc(F)c1)C(=O)O. The highest BCUT2D eigenvalue weighted by Crippen LogP contribution is 2.17. The van der Waals surface area contributed by atoms with Crippen molar-refractivity contribution in [2.45, 2.75) is 12.5 Å². The number of carbonyl (C=O) groups is 1. The third-order valence-corrected chi connectivity index (χ3v) is 2.15. The smallest absolute Gasteiger partial charge is 0.331 e. The van der Waals surface area contributed by atoms with Gasteiger partial charge in [0.05, 0.1) is 6.61 Å². The van der Waals surface area contributed by atoms with Crippen molar-refractivity contribution >= 4 is 11.7 Å². The minimum Gasteiger partial charge on any atom is -0.479 e. The minimum atomic E-state index is -1.28. The molecule has 0 heterocycles. The van der Waals surface area contributed by atoms with Crippen LogP contribution in [0.4, 0.5) is 10.1 Å². The maximum absolute atomic E-state index is 12.9. The van der Waals surface area contributed by atoms with Crippen LogP contribution in [0, 0.1) is 5.82 Å². The summed E-state index contributed by atoms with van der Waals surface area (Å²) in [6, 6.07) is 5.63. The Morgan fingerprint density at radius 1 is 1.62 bits per heavy atom. The maximum Gasteiger partial charge on any atom is 0.331 e. The second-order valence-electron chi connectivity index (χ2n) is 3.71. The average Bonchev–Trinajstić information content (AvgIpc) is 2.17. The number of carboxylic acids is 1. The van der Waals surface area contributed by atoms with Crippen LogP contribution in [0.1, 0.15) is 6.92 Å². The molecule has 0 bridgehead atoms. The fourth-order valence-electron chi connectivity index (χ4n) is 1.32. The van der Waals surface area contributed by atoms with Gasteiger partial charge in [-0.15, -0.1) is 0 Å². The van der Waals surface area contributed by atoms with E-state index in [1.54, 1.807) is 6.07 Å². The molecule has 0 saturated heterocycles. The van der Waals surface area contributed by atoms with Crippen molar-refractivity contribution in [2.75, 3.05) is 19.0 Å². The van der Waals surface area contributed by atoms with E-state index in [9.17, 15) is 9.18 Å². The Hall–Kier alpha value is -1.62. The molecular weight excluding hydrogens is 213 g/mol. The molecule has 4 nitrogen and oxygen atoms in total. The number of methoxy groups -OCH3 is 1. The van der Waals surface area contributed by atoms with E-state index in [0.717, 1.165) is 0 Å². The molecule has 1 rings (SSSR count). The Labute approximate surface area is 93.0 Å². The highest BCUT2D eigenvalue weighted by molar-refractivity contribution is 5.82. The predicted molar refractivity (Wildman–Crippen MR) is 57.9 cm³/mol. The van der Waals surface area contributed by atoms with E-state index in [2.05, 4.69) is 5.32 Å². The van der Waals surface area contributed by atoms with Crippen LogP contribution in [-0.2, 0) is 9.53 Å². The lowest BCUT2D eigenvalue weighted by atomic mass is 10.0. The number of anilines is 1. The summed E-state index contributed by atoms with van der Waals surface area (Å²) >= 11 is 0. The van der Waals surface area contributed by atoms with E-state index in [4.69, 9.17) is 9.84 Å². The zero-order valence-corrected chi connectivity index (χ0v) is 9.16. The predicted octanol–water partition coefficient (Wildman–Crippen LogP) is 1.73. The monoisotopic (exact) mass is 227 g/mol. The molecule has 0 fully saturated rings. The number of hydrogen-bond acceptors (Lipinski definition) is 3. The first-order valence-electron chi connectivity index (χ1n) is 4.74. The molecule has 0 aliphatic carbocycles. The zero-order chi connectivity index (χ0) is 12.2. The summed E-state index contributed by atoms with van der Waals surface area (Å²) in [6.45, 7) is 1.46. The van der Waals surface area contributed by atoms with Gasteiger partial charge in [-0.3, -0.25) is 0 Å². The maximum atomic E-state index is 12.9. The van der Waals surface area contributed by atoms with Gasteiger partial charge in [0, 0.05) is 12.8 Å². The van der Waals surface area contributed by atoms with Crippen molar-refractivity contribution in [1.82, 2.24) is 0 Å². The Balaban J connectivity index is 2.87. The molecule has 88 valence electrons. The lowest BCUT2D eigenvalue weighted by Crippen LogP contribution is -2.47. The minimum absolute atomic E-state index is 0.0150. The molecule has 5 heteroatoms. The number of benzene rings is 1. The fourth-order valence-corrected chi connectivity index (χ4v) is 1.32. The molecule has 2 N–H and O–H groups in total. The molecule has 1 aromatic rings. The Kier molecular flexibility index (Phi) is 3.84. The number of rotatable bonds is 5. The van der Waals surface area contributed by atoms with Gasteiger partial charge in [-0.25, -0.2) is 9.18 Å². The van der Waals surface area contributed by atoms with Crippen LogP contribution < -0.4 is 5.32 Å². The van der Waals surface area contributed by atoms with E-state index in [1.807, 2.05) is 0 Å². The molecular formula is C11H14FNO3. The van der Waals surface area contributed by atoms with Crippen molar-refractivity contribution in [3.63, 3.8) is 0 Å². The normalized spacial score (nSPS) is 14.2. The molecule has 0 aliphatic rings. The first kappa shape index (κ1) is 12.4. The first-order valence-corrected chi connectivity index (χ1v) is 4.74. The van der Waals surface area contributed by atoms with Gasteiger partial charge in [-0.05, 0) is 25.1 Å². The summed E-state index contributed by atoms with van der Waals surface area (Å²) in [6.07, 6.45) is 0. The number of aliphatic carboxylic acids is 1. The zero-order valence-electron chi connectivity index (χ0n) is 9.16. The topological polar surface area (TPSA) is 58.6 Å². The van der Waals surface area contributed by atoms with Gasteiger partial charge in [-0.1, -0.05) is 6.07 Å². The molecule has 1 atom stereocenters. The standard InChI is InChI=1S/C11H14FNO3/c1-11(7-16-2,10(14)15)13-9-5-3-4-8(12)6-9/h3-6,13H,7H2,1-2H3,(H,14,15)/t11-/m1/s1. The molecule has 0 aliphatic heterocycles. The van der Waals surface area contributed by atoms with Gasteiger partial charge in [0.15, 0.2) is 5.54 Å². The molecule has 0 spiro atoms. The average molecular weight is 227 g/mol. The highest BCUT2D eigenvalue weighted by atomic mass is 19.1. The second kappa shape index (κ2) is 4.94. The van der Waals surface area contributed by atoms with E-state index in [0.29, 0.717) is 5.69 Å². The molecule has 1 aromatic carbocycles. The van der Waals surface area contributed by atoms with Crippen LogP contribution >= 0.6 is 0 Å². The summed E-state index contributed by atoms with van der Waals surface area (Å²) in [7, 11) is 1.41. The van der Waals surface area contributed by atoms with Gasteiger partial charge in [-0.2, -0.15) is 0 Å². The van der Waals surface area contributed by atoms with Gasteiger partial charge >= 0.3 is 5.97 Å². The number of hydrogen-bond donors (Lipinski definition) is 2. The van der Waals surface area contributed by atoms with Crippen LogP contribution in [0.15, 0.2) is 24.3 Å². The second-order valence-corrected chi connectivity index (χ2v) is 3.71. The Bertz CT molecular complexity index is 383. The largest absolute Gasteiger partial charge is 0.479 e. The summed E-state index contributed by atoms with van der Waals surface area (Å²) in [4.78, 5) is 11.1. The lowest BCUT2D eigenvalue weighted by Gasteiger charge is -2.26. The van der Waals surface area contributed by atoms with E-state index < -0.39 is 17.3 Å². The van der Waals surface area contributed by atoms with Gasteiger partial charge in [0.2, 0.25) is 0 Å². The van der Waals surface area contributed by atoms with Crippen LogP contribution in [0.5, 0.6) is 0 Å². The molecule has 0 unspecified atom stereocenters. The van der Waals surface area contributed by atoms with Crippen LogP contribution in [0.2, 0.25) is 0 Å². The van der Waals surface area contributed by atoms with E-state index in [1.165, 1.54) is 32.2 Å². The molecule has 0 saturated carbocycles. The third kappa shape index (κ3) is 2.93. The number of carboxylic acid groups (broad SMARTS) is 1. The lowest BCUT2D eigenvalue weighted by molar-refractivity contribution is -0.143. The summed E-state index contributed by atoms with van der Waals surface area (Å²) in [5.41, 5.74) is -0.871. The van der Waals surface area contributed by atoms with Gasteiger partial charge < -0.3 is 15.2 Å². The quantitative estimate of drug-likeness (QED) is 0.804. The van der Waals surface area contributed by atoms with Crippen molar-refractivity contribution in [3.05, 3.63) is 30.1 Å². The fraction of sp³-hybridized carbons (Fsp3) is 0.364. The Morgan fingerprint density at radius 3 is 2.81 bits per heavy atom. The van der Waals surface area contributed by atoms with Crippen molar-refractivity contribution < 1.29 is 19.0 Å². The third-order valence-electron chi connectivity index (χ3n) is 2.15. The molecule has 0 aromatic heterocycles. The van der Waals surface area contributed by atoms with Crippen molar-refractivity contribution in [1.29, 1.82) is 0 Å². The molecule has 16 heavy (non-hydrogen) atoms. The van der Waals surface area contributed by atoms with Crippen LogP contribution in [0.3, 0.4) is 0 Å². The van der Waals surface area contributed by atoms with Gasteiger partial charge in [0.1, 0.15) is 5.82 Å². The summed E-state index contributed by atoms with van der Waals surface area (Å²) in [5.74, 6) is -1.48. The van der Waals surface area contributed by atoms with Crippen LogP contribution in [0.25, 0.3) is 0 Å². The van der Waals surface area contributed by atoms with Crippen LogP contribution in [-0.4, -0.2) is 30.3 Å². The number of nitrogens with one attached hydrogen (secondary N) is 1. The number of ether oxygens (including phenoxy) is 1.